The topological polar surface area (TPSA) is 99.6 Å². The van der Waals surface area contributed by atoms with Crippen molar-refractivity contribution in [2.75, 3.05) is 38.1 Å². The number of carbonyl (C=O) groups is 2. The number of alkyl halides is 3. The number of thioether (sulfide) groups is 1. The highest BCUT2D eigenvalue weighted by atomic mass is 32.2. The monoisotopic (exact) mass is 572 g/mol. The van der Waals surface area contributed by atoms with Gasteiger partial charge in [-0.2, -0.15) is 13.2 Å². The van der Waals surface area contributed by atoms with Crippen molar-refractivity contribution in [2.45, 2.75) is 32.4 Å². The van der Waals surface area contributed by atoms with Crippen LogP contribution in [0.15, 0.2) is 58.1 Å². The summed E-state index contributed by atoms with van der Waals surface area (Å²) in [5, 5.41) is 5.36. The van der Waals surface area contributed by atoms with E-state index >= 15 is 0 Å². The molecule has 40 heavy (non-hydrogen) atoms. The van der Waals surface area contributed by atoms with Crippen molar-refractivity contribution in [2.24, 2.45) is 10.9 Å². The number of carbonyl (C=O) groups excluding carboxylic acids is 2. The average molecular weight is 573 g/mol. The molecule has 3 heterocycles. The van der Waals surface area contributed by atoms with Gasteiger partial charge in [0, 0.05) is 32.9 Å². The Morgan fingerprint density at radius 2 is 1.93 bits per heavy atom. The molecule has 2 aromatic rings. The van der Waals surface area contributed by atoms with Gasteiger partial charge in [0.2, 0.25) is 5.95 Å². The fourth-order valence-electron chi connectivity index (χ4n) is 4.67. The predicted molar refractivity (Wildman–Crippen MR) is 151 cm³/mol. The van der Waals surface area contributed by atoms with Crippen molar-refractivity contribution in [3.05, 3.63) is 69.9 Å². The predicted octanol–water partition coefficient (Wildman–Crippen LogP) is 5.08. The number of benzene rings is 1. The Bertz CT molecular complexity index is 1320. The second kappa shape index (κ2) is 13.2. The summed E-state index contributed by atoms with van der Waals surface area (Å²) in [5.41, 5.74) is 2.18. The lowest BCUT2D eigenvalue weighted by Crippen LogP contribution is -2.38. The Labute approximate surface area is 235 Å². The van der Waals surface area contributed by atoms with Gasteiger partial charge in [-0.3, -0.25) is 19.9 Å². The minimum Gasteiger partial charge on any atom is -0.341 e. The van der Waals surface area contributed by atoms with Gasteiger partial charge in [-0.1, -0.05) is 25.1 Å². The molecule has 0 bridgehead atoms. The smallest absolute Gasteiger partial charge is 0.341 e. The third-order valence-electron chi connectivity index (χ3n) is 6.70. The first kappa shape index (κ1) is 29.5. The first-order valence-corrected chi connectivity index (χ1v) is 13.9. The highest BCUT2D eigenvalue weighted by Crippen LogP contribution is 2.30. The third-order valence-corrected chi connectivity index (χ3v) is 7.51. The molecule has 2 N–H and O–H groups in total. The van der Waals surface area contributed by atoms with Gasteiger partial charge in [-0.05, 0) is 78.9 Å². The molecular weight excluding hydrogens is 541 g/mol. The zero-order valence-electron chi connectivity index (χ0n) is 22.3. The summed E-state index contributed by atoms with van der Waals surface area (Å²) in [4.78, 5) is 39.0. The van der Waals surface area contributed by atoms with Crippen LogP contribution in [-0.4, -0.2) is 60.1 Å². The Kier molecular flexibility index (Phi) is 9.75. The molecule has 2 aliphatic heterocycles. The van der Waals surface area contributed by atoms with Crippen LogP contribution in [0.4, 0.5) is 23.9 Å². The van der Waals surface area contributed by atoms with E-state index in [4.69, 9.17) is 0 Å². The van der Waals surface area contributed by atoms with Crippen LogP contribution in [0.25, 0.3) is 6.08 Å². The van der Waals surface area contributed by atoms with Gasteiger partial charge in [-0.25, -0.2) is 9.97 Å². The van der Waals surface area contributed by atoms with Crippen molar-refractivity contribution < 1.29 is 22.8 Å². The molecular formula is C28H31F3N6O2S. The van der Waals surface area contributed by atoms with E-state index in [1.165, 1.54) is 12.1 Å². The van der Waals surface area contributed by atoms with Gasteiger partial charge in [0.25, 0.3) is 11.1 Å². The number of aromatic nitrogens is 2. The summed E-state index contributed by atoms with van der Waals surface area (Å²) < 4.78 is 38.9. The van der Waals surface area contributed by atoms with E-state index in [0.29, 0.717) is 40.3 Å². The van der Waals surface area contributed by atoms with E-state index in [-0.39, 0.29) is 0 Å². The number of nitrogens with one attached hydrogen (secondary N) is 2. The normalized spacial score (nSPS) is 18.5. The molecule has 0 saturated carbocycles. The van der Waals surface area contributed by atoms with Crippen LogP contribution >= 0.6 is 11.8 Å². The zero-order chi connectivity index (χ0) is 28.7. The van der Waals surface area contributed by atoms with Crippen LogP contribution in [0.3, 0.4) is 0 Å². The Hall–Kier alpha value is -3.51. The van der Waals surface area contributed by atoms with Crippen LogP contribution in [0.2, 0.25) is 0 Å². The van der Waals surface area contributed by atoms with Crippen molar-refractivity contribution >= 4 is 40.6 Å². The minimum absolute atomic E-state index is 0.311. The second-order valence-electron chi connectivity index (χ2n) is 9.48. The van der Waals surface area contributed by atoms with Crippen molar-refractivity contribution in [1.29, 1.82) is 0 Å². The molecule has 4 rings (SSSR count). The van der Waals surface area contributed by atoms with Crippen LogP contribution in [0.1, 0.15) is 43.0 Å². The number of piperidine rings is 1. The molecule has 12 heteroatoms. The lowest BCUT2D eigenvalue weighted by Gasteiger charge is -2.32. The Morgan fingerprint density at radius 1 is 1.20 bits per heavy atom. The molecule has 2 saturated heterocycles. The summed E-state index contributed by atoms with van der Waals surface area (Å²) in [6.07, 6.45) is 3.58. The number of rotatable bonds is 9. The molecule has 1 aromatic heterocycles. The summed E-state index contributed by atoms with van der Waals surface area (Å²) in [5.74, 6) is 0.614. The molecule has 0 aliphatic carbocycles. The number of amides is 2. The highest BCUT2D eigenvalue weighted by molar-refractivity contribution is 8.18. The second-order valence-corrected chi connectivity index (χ2v) is 10.5. The van der Waals surface area contributed by atoms with Gasteiger partial charge < -0.3 is 10.2 Å². The van der Waals surface area contributed by atoms with E-state index in [0.717, 1.165) is 68.4 Å². The van der Waals surface area contributed by atoms with Crippen molar-refractivity contribution in [3.63, 3.8) is 0 Å². The van der Waals surface area contributed by atoms with Gasteiger partial charge >= 0.3 is 6.18 Å². The van der Waals surface area contributed by atoms with Gasteiger partial charge in [-0.15, -0.1) is 0 Å². The van der Waals surface area contributed by atoms with E-state index < -0.39 is 22.9 Å². The van der Waals surface area contributed by atoms with Crippen LogP contribution in [0, 0.1) is 5.92 Å². The number of halogens is 3. The van der Waals surface area contributed by atoms with E-state index in [1.807, 2.05) is 6.92 Å². The van der Waals surface area contributed by atoms with Crippen LogP contribution in [0.5, 0.6) is 0 Å². The first-order valence-electron chi connectivity index (χ1n) is 13.0. The number of allylic oxidation sites excluding steroid dienone is 1. The van der Waals surface area contributed by atoms with Crippen molar-refractivity contribution in [3.8, 4) is 0 Å². The largest absolute Gasteiger partial charge is 0.416 e. The minimum atomic E-state index is -4.37. The van der Waals surface area contributed by atoms with Gasteiger partial charge in [0.1, 0.15) is 0 Å². The molecule has 2 amide bonds. The quantitative estimate of drug-likeness (QED) is 0.319. The molecule has 0 spiro atoms. The van der Waals surface area contributed by atoms with Crippen LogP contribution < -0.4 is 15.5 Å². The molecule has 0 atom stereocenters. The standard InChI is InChI=1S/C28H31F3N6O2S/c1-3-4-20(24(32-2)19-5-7-21(8-6-19)28(29,30)31)17-33-16-18-10-13-37(14-11-18)26-34-12-9-22(35-26)15-23-25(38)36-27(39)40-23/h4-9,12,15,18,33H,3,10-11,13-14,16-17H2,1-2H3,(H,36,38,39)/b20-4-,23-15-,32-24?. The number of nitrogens with zero attached hydrogens (tertiary/aromatic N) is 4. The summed E-state index contributed by atoms with van der Waals surface area (Å²) in [6.45, 7) is 4.95. The number of hydrogen-bond acceptors (Lipinski definition) is 8. The molecule has 2 aliphatic rings. The van der Waals surface area contributed by atoms with E-state index in [9.17, 15) is 22.8 Å². The lowest BCUT2D eigenvalue weighted by atomic mass is 9.96. The van der Waals surface area contributed by atoms with Gasteiger partial charge in [0.05, 0.1) is 21.9 Å². The maximum Gasteiger partial charge on any atom is 0.416 e. The van der Waals surface area contributed by atoms with Crippen LogP contribution in [-0.2, 0) is 11.0 Å². The molecule has 212 valence electrons. The van der Waals surface area contributed by atoms with E-state index in [2.05, 4.69) is 36.6 Å². The Morgan fingerprint density at radius 3 is 2.52 bits per heavy atom. The molecule has 0 unspecified atom stereocenters. The maximum absolute atomic E-state index is 13.0. The number of imide groups is 1. The zero-order valence-corrected chi connectivity index (χ0v) is 23.1. The number of hydrogen-bond donors (Lipinski definition) is 2. The molecule has 8 nitrogen and oxygen atoms in total. The summed E-state index contributed by atoms with van der Waals surface area (Å²) in [6, 6.07) is 6.82. The maximum atomic E-state index is 13.0. The molecule has 1 aromatic carbocycles. The number of aliphatic imine (C=N–C) groups is 1. The summed E-state index contributed by atoms with van der Waals surface area (Å²) in [7, 11) is 1.65. The van der Waals surface area contributed by atoms with Crippen molar-refractivity contribution in [1.82, 2.24) is 20.6 Å². The lowest BCUT2D eigenvalue weighted by molar-refractivity contribution is -0.137. The van der Waals surface area contributed by atoms with E-state index in [1.54, 1.807) is 25.4 Å². The first-order chi connectivity index (χ1) is 19.2. The highest BCUT2D eigenvalue weighted by Gasteiger charge is 2.30. The SMILES string of the molecule is CC/C=C(/CNCC1CCN(c2nccc(/C=C3\SC(=O)NC3=O)n2)CC1)C(=NC)c1ccc(C(F)(F)F)cc1. The summed E-state index contributed by atoms with van der Waals surface area (Å²) >= 11 is 0.854. The molecule has 0 radical (unpaired) electrons. The average Bonchev–Trinajstić information content (AvgIpc) is 3.25. The fraction of sp³-hybridized carbons (Fsp3) is 0.393. The third kappa shape index (κ3) is 7.57. The molecule has 2 fully saturated rings. The Balaban J connectivity index is 1.30. The van der Waals surface area contributed by atoms with Gasteiger partial charge in [0.15, 0.2) is 0 Å². The fourth-order valence-corrected chi connectivity index (χ4v) is 5.34. The number of anilines is 1.